The highest BCUT2D eigenvalue weighted by Crippen LogP contribution is 2.22. The van der Waals surface area contributed by atoms with Gasteiger partial charge in [0.25, 0.3) is 0 Å². The van der Waals surface area contributed by atoms with Crippen molar-refractivity contribution in [3.63, 3.8) is 0 Å². The zero-order valence-corrected chi connectivity index (χ0v) is 15.1. The van der Waals surface area contributed by atoms with Crippen molar-refractivity contribution in [1.82, 2.24) is 9.62 Å². The fourth-order valence-electron chi connectivity index (χ4n) is 2.77. The topological polar surface area (TPSA) is 75.7 Å². The van der Waals surface area contributed by atoms with Gasteiger partial charge in [0.1, 0.15) is 5.75 Å². The van der Waals surface area contributed by atoms with Crippen molar-refractivity contribution in [1.29, 1.82) is 0 Å². The lowest BCUT2D eigenvalue weighted by Gasteiger charge is -2.31. The second-order valence-electron chi connectivity index (χ2n) is 6.02. The van der Waals surface area contributed by atoms with E-state index in [9.17, 15) is 13.2 Å². The van der Waals surface area contributed by atoms with Crippen LogP contribution in [0.2, 0.25) is 0 Å². The average Bonchev–Trinajstić information content (AvgIpc) is 2.60. The summed E-state index contributed by atoms with van der Waals surface area (Å²) < 4.78 is 31.9. The Bertz CT molecular complexity index is 635. The summed E-state index contributed by atoms with van der Waals surface area (Å²) >= 11 is 0. The first kappa shape index (κ1) is 18.7. The van der Waals surface area contributed by atoms with Crippen LogP contribution in [0.5, 0.6) is 5.75 Å². The lowest BCUT2D eigenvalue weighted by atomic mass is 10.1. The number of benzene rings is 1. The minimum absolute atomic E-state index is 0.0633. The molecule has 0 bridgehead atoms. The summed E-state index contributed by atoms with van der Waals surface area (Å²) in [6.07, 6.45) is 3.71. The molecule has 0 aliphatic carbocycles. The number of ether oxygens (including phenoxy) is 1. The molecule has 0 radical (unpaired) electrons. The third-order valence-electron chi connectivity index (χ3n) is 4.27. The fraction of sp³-hybridized carbons (Fsp3) is 0.588. The van der Waals surface area contributed by atoms with Crippen molar-refractivity contribution in [3.05, 3.63) is 24.3 Å². The van der Waals surface area contributed by atoms with Gasteiger partial charge >= 0.3 is 0 Å². The Balaban J connectivity index is 1.91. The molecule has 1 N–H and O–H groups in total. The number of amides is 1. The molecular formula is C17H26N2O4S. The first-order valence-electron chi connectivity index (χ1n) is 8.41. The van der Waals surface area contributed by atoms with Crippen LogP contribution in [0.4, 0.5) is 0 Å². The normalized spacial score (nSPS) is 16.8. The molecule has 1 aromatic carbocycles. The summed E-state index contributed by atoms with van der Waals surface area (Å²) in [5, 5.41) is 3.00. The molecule has 1 saturated heterocycles. The molecule has 0 atom stereocenters. The molecule has 1 aliphatic heterocycles. The Morgan fingerprint density at radius 3 is 2.42 bits per heavy atom. The Morgan fingerprint density at radius 2 is 1.88 bits per heavy atom. The second-order valence-corrected chi connectivity index (χ2v) is 7.96. The molecule has 1 aromatic rings. The third kappa shape index (κ3) is 4.70. The van der Waals surface area contributed by atoms with Gasteiger partial charge in [-0.25, -0.2) is 8.42 Å². The maximum atomic E-state index is 12.7. The van der Waals surface area contributed by atoms with Crippen LogP contribution in [0.15, 0.2) is 29.2 Å². The number of unbranched alkanes of at least 4 members (excludes halogenated alkanes) is 1. The van der Waals surface area contributed by atoms with Gasteiger partial charge in [-0.15, -0.1) is 0 Å². The summed E-state index contributed by atoms with van der Waals surface area (Å²) in [7, 11) is -1.94. The lowest BCUT2D eigenvalue weighted by molar-refractivity contribution is -0.122. The van der Waals surface area contributed by atoms with Gasteiger partial charge in [-0.3, -0.25) is 4.79 Å². The molecule has 24 heavy (non-hydrogen) atoms. The van der Waals surface area contributed by atoms with E-state index in [1.54, 1.807) is 31.4 Å². The quantitative estimate of drug-likeness (QED) is 0.814. The van der Waals surface area contributed by atoms with Crippen LogP contribution in [-0.2, 0) is 14.8 Å². The van der Waals surface area contributed by atoms with Crippen LogP contribution < -0.4 is 10.1 Å². The predicted molar refractivity (Wildman–Crippen MR) is 92.4 cm³/mol. The fourth-order valence-corrected chi connectivity index (χ4v) is 4.24. The summed E-state index contributed by atoms with van der Waals surface area (Å²) in [5.41, 5.74) is 0. The van der Waals surface area contributed by atoms with E-state index < -0.39 is 10.0 Å². The van der Waals surface area contributed by atoms with Crippen molar-refractivity contribution in [2.75, 3.05) is 20.2 Å². The largest absolute Gasteiger partial charge is 0.497 e. The molecule has 1 heterocycles. The van der Waals surface area contributed by atoms with E-state index in [1.807, 2.05) is 0 Å². The van der Waals surface area contributed by atoms with Gasteiger partial charge in [0.15, 0.2) is 0 Å². The second kappa shape index (κ2) is 8.48. The van der Waals surface area contributed by atoms with Crippen molar-refractivity contribution >= 4 is 15.9 Å². The minimum atomic E-state index is -3.49. The number of hydrogen-bond acceptors (Lipinski definition) is 4. The SMILES string of the molecule is CCCCC(=O)NC1CCN(S(=O)(=O)c2ccc(OC)cc2)CC1. The van der Waals surface area contributed by atoms with Gasteiger partial charge < -0.3 is 10.1 Å². The summed E-state index contributed by atoms with van der Waals surface area (Å²) in [4.78, 5) is 12.0. The van der Waals surface area contributed by atoms with Gasteiger partial charge in [-0.05, 0) is 43.5 Å². The van der Waals surface area contributed by atoms with E-state index in [4.69, 9.17) is 4.74 Å². The predicted octanol–water partition coefficient (Wildman–Crippen LogP) is 2.15. The van der Waals surface area contributed by atoms with E-state index in [0.717, 1.165) is 12.8 Å². The number of nitrogens with one attached hydrogen (secondary N) is 1. The number of carbonyl (C=O) groups excluding carboxylic acids is 1. The van der Waals surface area contributed by atoms with Crippen LogP contribution in [0.1, 0.15) is 39.0 Å². The molecular weight excluding hydrogens is 328 g/mol. The number of nitrogens with zero attached hydrogens (tertiary/aromatic N) is 1. The molecule has 0 aromatic heterocycles. The molecule has 7 heteroatoms. The molecule has 0 spiro atoms. The average molecular weight is 354 g/mol. The van der Waals surface area contributed by atoms with Gasteiger partial charge in [0.05, 0.1) is 12.0 Å². The van der Waals surface area contributed by atoms with Gasteiger partial charge in [-0.2, -0.15) is 4.31 Å². The van der Waals surface area contributed by atoms with E-state index in [1.165, 1.54) is 4.31 Å². The van der Waals surface area contributed by atoms with E-state index in [2.05, 4.69) is 12.2 Å². The zero-order chi connectivity index (χ0) is 17.6. The standard InChI is InChI=1S/C17H26N2O4S/c1-3-4-5-17(20)18-14-10-12-19(13-11-14)24(21,22)16-8-6-15(23-2)7-9-16/h6-9,14H,3-5,10-13H2,1-2H3,(H,18,20). The molecule has 1 amide bonds. The highest BCUT2D eigenvalue weighted by molar-refractivity contribution is 7.89. The monoisotopic (exact) mass is 354 g/mol. The third-order valence-corrected chi connectivity index (χ3v) is 6.19. The first-order chi connectivity index (χ1) is 11.5. The molecule has 2 rings (SSSR count). The zero-order valence-electron chi connectivity index (χ0n) is 14.3. The molecule has 6 nitrogen and oxygen atoms in total. The maximum absolute atomic E-state index is 12.7. The van der Waals surface area contributed by atoms with Crippen molar-refractivity contribution in [3.8, 4) is 5.75 Å². The number of carbonyl (C=O) groups is 1. The van der Waals surface area contributed by atoms with Gasteiger partial charge in [0, 0.05) is 25.6 Å². The number of sulfonamides is 1. The summed E-state index contributed by atoms with van der Waals surface area (Å²) in [6, 6.07) is 6.48. The van der Waals surface area contributed by atoms with E-state index >= 15 is 0 Å². The van der Waals surface area contributed by atoms with Crippen molar-refractivity contribution < 1.29 is 17.9 Å². The molecule has 1 fully saturated rings. The summed E-state index contributed by atoms with van der Waals surface area (Å²) in [5.74, 6) is 0.691. The van der Waals surface area contributed by atoms with Crippen LogP contribution in [0.25, 0.3) is 0 Å². The Hall–Kier alpha value is -1.60. The van der Waals surface area contributed by atoms with Crippen molar-refractivity contribution in [2.45, 2.75) is 50.0 Å². The first-order valence-corrected chi connectivity index (χ1v) is 9.85. The van der Waals surface area contributed by atoms with Crippen LogP contribution in [-0.4, -0.2) is 44.9 Å². The van der Waals surface area contributed by atoms with Crippen molar-refractivity contribution in [2.24, 2.45) is 0 Å². The number of piperidine rings is 1. The Kier molecular flexibility index (Phi) is 6.62. The number of hydrogen-bond donors (Lipinski definition) is 1. The van der Waals surface area contributed by atoms with E-state index in [-0.39, 0.29) is 16.8 Å². The van der Waals surface area contributed by atoms with Gasteiger partial charge in [-0.1, -0.05) is 13.3 Å². The van der Waals surface area contributed by atoms with Crippen LogP contribution in [0.3, 0.4) is 0 Å². The number of methoxy groups -OCH3 is 1. The summed E-state index contributed by atoms with van der Waals surface area (Å²) in [6.45, 7) is 2.90. The van der Waals surface area contributed by atoms with Crippen LogP contribution >= 0.6 is 0 Å². The van der Waals surface area contributed by atoms with Gasteiger partial charge in [0.2, 0.25) is 15.9 Å². The highest BCUT2D eigenvalue weighted by atomic mass is 32.2. The van der Waals surface area contributed by atoms with Crippen LogP contribution in [0, 0.1) is 0 Å². The number of rotatable bonds is 7. The smallest absolute Gasteiger partial charge is 0.243 e. The maximum Gasteiger partial charge on any atom is 0.243 e. The molecule has 134 valence electrons. The molecule has 0 saturated carbocycles. The highest BCUT2D eigenvalue weighted by Gasteiger charge is 2.29. The Morgan fingerprint density at radius 1 is 1.25 bits per heavy atom. The molecule has 0 unspecified atom stereocenters. The minimum Gasteiger partial charge on any atom is -0.497 e. The molecule has 1 aliphatic rings. The van der Waals surface area contributed by atoms with E-state index in [0.29, 0.717) is 38.1 Å². The lowest BCUT2D eigenvalue weighted by Crippen LogP contribution is -2.46. The Labute approximate surface area is 144 Å².